The van der Waals surface area contributed by atoms with Gasteiger partial charge in [0, 0.05) is 31.7 Å². The second-order valence-electron chi connectivity index (χ2n) is 6.33. The van der Waals surface area contributed by atoms with Gasteiger partial charge in [-0.3, -0.25) is 9.59 Å². The SMILES string of the molecule is Cc1cccc(C(=O)N2CCN(C(=O)c3ccccc3OC(F)F)CC2)c1. The first-order valence-corrected chi connectivity index (χ1v) is 8.65. The molecule has 2 aromatic rings. The molecule has 1 aliphatic rings. The van der Waals surface area contributed by atoms with Gasteiger partial charge in [0.25, 0.3) is 11.8 Å². The highest BCUT2D eigenvalue weighted by atomic mass is 19.3. The molecule has 5 nitrogen and oxygen atoms in total. The maximum atomic E-state index is 12.7. The summed E-state index contributed by atoms with van der Waals surface area (Å²) in [5.74, 6) is -0.600. The fourth-order valence-electron chi connectivity index (χ4n) is 3.09. The molecular weight excluding hydrogens is 354 g/mol. The Hall–Kier alpha value is -2.96. The summed E-state index contributed by atoms with van der Waals surface area (Å²) in [5.41, 5.74) is 1.71. The Labute approximate surface area is 156 Å². The highest BCUT2D eigenvalue weighted by Gasteiger charge is 2.27. The number of carbonyl (C=O) groups excluding carboxylic acids is 2. The monoisotopic (exact) mass is 374 g/mol. The summed E-state index contributed by atoms with van der Waals surface area (Å²) in [4.78, 5) is 28.5. The van der Waals surface area contributed by atoms with E-state index in [9.17, 15) is 18.4 Å². The molecule has 142 valence electrons. The van der Waals surface area contributed by atoms with Crippen molar-refractivity contribution in [3.8, 4) is 5.75 Å². The predicted octanol–water partition coefficient (Wildman–Crippen LogP) is 3.19. The maximum Gasteiger partial charge on any atom is 0.387 e. The second-order valence-corrected chi connectivity index (χ2v) is 6.33. The maximum absolute atomic E-state index is 12.7. The molecule has 7 heteroatoms. The summed E-state index contributed by atoms with van der Waals surface area (Å²) in [6.45, 7) is 0.362. The van der Waals surface area contributed by atoms with E-state index in [0.29, 0.717) is 31.7 Å². The molecule has 0 aliphatic carbocycles. The Balaban J connectivity index is 1.66. The molecule has 3 rings (SSSR count). The number of rotatable bonds is 4. The van der Waals surface area contributed by atoms with Crippen LogP contribution >= 0.6 is 0 Å². The first kappa shape index (κ1) is 18.8. The fourth-order valence-corrected chi connectivity index (χ4v) is 3.09. The van der Waals surface area contributed by atoms with Gasteiger partial charge in [-0.25, -0.2) is 0 Å². The van der Waals surface area contributed by atoms with Gasteiger partial charge in [-0.1, -0.05) is 29.8 Å². The topological polar surface area (TPSA) is 49.9 Å². The molecule has 0 N–H and O–H groups in total. The Kier molecular flexibility index (Phi) is 5.69. The first-order valence-electron chi connectivity index (χ1n) is 8.65. The molecular formula is C20H20F2N2O3. The van der Waals surface area contributed by atoms with Crippen LogP contribution in [-0.2, 0) is 0 Å². The van der Waals surface area contributed by atoms with E-state index in [1.165, 1.54) is 18.2 Å². The first-order chi connectivity index (χ1) is 13.0. The Morgan fingerprint density at radius 1 is 0.926 bits per heavy atom. The van der Waals surface area contributed by atoms with Crippen molar-refractivity contribution < 1.29 is 23.1 Å². The number of aryl methyl sites for hydroxylation is 1. The van der Waals surface area contributed by atoms with Gasteiger partial charge < -0.3 is 14.5 Å². The van der Waals surface area contributed by atoms with Crippen LogP contribution in [-0.4, -0.2) is 54.4 Å². The highest BCUT2D eigenvalue weighted by molar-refractivity contribution is 5.97. The van der Waals surface area contributed by atoms with Crippen molar-refractivity contribution in [2.45, 2.75) is 13.5 Å². The van der Waals surface area contributed by atoms with E-state index in [-0.39, 0.29) is 23.1 Å². The zero-order valence-electron chi connectivity index (χ0n) is 14.9. The van der Waals surface area contributed by atoms with Gasteiger partial charge in [-0.2, -0.15) is 8.78 Å². The number of amides is 2. The smallest absolute Gasteiger partial charge is 0.387 e. The molecule has 1 aliphatic heterocycles. The van der Waals surface area contributed by atoms with Gasteiger partial charge in [0.2, 0.25) is 0 Å². The number of para-hydroxylation sites is 1. The summed E-state index contributed by atoms with van der Waals surface area (Å²) in [5, 5.41) is 0. The van der Waals surface area contributed by atoms with Gasteiger partial charge in [0.05, 0.1) is 5.56 Å². The van der Waals surface area contributed by atoms with Gasteiger partial charge in [-0.05, 0) is 31.2 Å². The summed E-state index contributed by atoms with van der Waals surface area (Å²) in [6, 6.07) is 13.3. The van der Waals surface area contributed by atoms with E-state index in [4.69, 9.17) is 0 Å². The predicted molar refractivity (Wildman–Crippen MR) is 96.1 cm³/mol. The molecule has 27 heavy (non-hydrogen) atoms. The number of halogens is 2. The Bertz CT molecular complexity index is 833. The van der Waals surface area contributed by atoms with E-state index in [1.807, 2.05) is 25.1 Å². The number of benzene rings is 2. The highest BCUT2D eigenvalue weighted by Crippen LogP contribution is 2.22. The number of nitrogens with zero attached hydrogens (tertiary/aromatic N) is 2. The quantitative estimate of drug-likeness (QED) is 0.826. The normalized spacial score (nSPS) is 14.4. The van der Waals surface area contributed by atoms with Gasteiger partial charge in [-0.15, -0.1) is 0 Å². The summed E-state index contributed by atoms with van der Waals surface area (Å²) in [6.07, 6.45) is 0. The standard InChI is InChI=1S/C20H20F2N2O3/c1-14-5-4-6-15(13-14)18(25)23-9-11-24(12-10-23)19(26)16-7-2-3-8-17(16)27-20(21)22/h2-8,13,20H,9-12H2,1H3. The van der Waals surface area contributed by atoms with E-state index < -0.39 is 6.61 Å². The lowest BCUT2D eigenvalue weighted by Gasteiger charge is -2.35. The molecule has 0 unspecified atom stereocenters. The van der Waals surface area contributed by atoms with Gasteiger partial charge >= 0.3 is 6.61 Å². The molecule has 0 radical (unpaired) electrons. The van der Waals surface area contributed by atoms with Crippen LogP contribution in [0.2, 0.25) is 0 Å². The number of hydrogen-bond donors (Lipinski definition) is 0. The number of piperazine rings is 1. The summed E-state index contributed by atoms with van der Waals surface area (Å²) >= 11 is 0. The van der Waals surface area contributed by atoms with Crippen molar-refractivity contribution in [2.24, 2.45) is 0 Å². The molecule has 2 aromatic carbocycles. The molecule has 0 bridgehead atoms. The minimum Gasteiger partial charge on any atom is -0.434 e. The molecule has 0 aromatic heterocycles. The zero-order chi connectivity index (χ0) is 19.4. The molecule has 0 saturated carbocycles. The minimum absolute atomic E-state index is 0.0766. The minimum atomic E-state index is -3.00. The van der Waals surface area contributed by atoms with E-state index in [1.54, 1.807) is 21.9 Å². The van der Waals surface area contributed by atoms with Crippen molar-refractivity contribution in [3.63, 3.8) is 0 Å². The fraction of sp³-hybridized carbons (Fsp3) is 0.300. The van der Waals surface area contributed by atoms with Crippen LogP contribution in [0.4, 0.5) is 8.78 Å². The van der Waals surface area contributed by atoms with Gasteiger partial charge in [0.15, 0.2) is 0 Å². The lowest BCUT2D eigenvalue weighted by molar-refractivity contribution is -0.0503. The zero-order valence-corrected chi connectivity index (χ0v) is 14.9. The summed E-state index contributed by atoms with van der Waals surface area (Å²) < 4.78 is 29.5. The largest absolute Gasteiger partial charge is 0.434 e. The third kappa shape index (κ3) is 4.42. The van der Waals surface area contributed by atoms with E-state index in [2.05, 4.69) is 4.74 Å². The number of ether oxygens (including phenoxy) is 1. The molecule has 2 amide bonds. The van der Waals surface area contributed by atoms with Crippen molar-refractivity contribution in [1.29, 1.82) is 0 Å². The van der Waals surface area contributed by atoms with Crippen LogP contribution in [0.1, 0.15) is 26.3 Å². The molecule has 0 spiro atoms. The van der Waals surface area contributed by atoms with Crippen LogP contribution in [0, 0.1) is 6.92 Å². The average Bonchev–Trinajstić information content (AvgIpc) is 2.67. The summed E-state index contributed by atoms with van der Waals surface area (Å²) in [7, 11) is 0. The third-order valence-corrected chi connectivity index (χ3v) is 4.45. The van der Waals surface area contributed by atoms with Crippen molar-refractivity contribution >= 4 is 11.8 Å². The number of alkyl halides is 2. The van der Waals surface area contributed by atoms with Crippen LogP contribution in [0.15, 0.2) is 48.5 Å². The van der Waals surface area contributed by atoms with Crippen molar-refractivity contribution in [3.05, 3.63) is 65.2 Å². The van der Waals surface area contributed by atoms with Crippen LogP contribution in [0.3, 0.4) is 0 Å². The number of carbonyl (C=O) groups is 2. The average molecular weight is 374 g/mol. The van der Waals surface area contributed by atoms with Crippen molar-refractivity contribution in [2.75, 3.05) is 26.2 Å². The number of hydrogen-bond acceptors (Lipinski definition) is 3. The Morgan fingerprint density at radius 2 is 1.56 bits per heavy atom. The van der Waals surface area contributed by atoms with Crippen molar-refractivity contribution in [1.82, 2.24) is 9.80 Å². The van der Waals surface area contributed by atoms with Crippen LogP contribution in [0.25, 0.3) is 0 Å². The molecule has 0 atom stereocenters. The van der Waals surface area contributed by atoms with Crippen LogP contribution in [0.5, 0.6) is 5.75 Å². The molecule has 1 heterocycles. The van der Waals surface area contributed by atoms with Crippen LogP contribution < -0.4 is 4.74 Å². The second kappa shape index (κ2) is 8.16. The van der Waals surface area contributed by atoms with Gasteiger partial charge in [0.1, 0.15) is 5.75 Å². The van der Waals surface area contributed by atoms with E-state index in [0.717, 1.165) is 5.56 Å². The molecule has 1 fully saturated rings. The Morgan fingerprint density at radius 3 is 2.19 bits per heavy atom. The lowest BCUT2D eigenvalue weighted by atomic mass is 10.1. The third-order valence-electron chi connectivity index (χ3n) is 4.45. The lowest BCUT2D eigenvalue weighted by Crippen LogP contribution is -2.50. The molecule has 1 saturated heterocycles. The van der Waals surface area contributed by atoms with E-state index >= 15 is 0 Å².